The maximum Gasteiger partial charge on any atom is 0.332 e. The Morgan fingerprint density at radius 2 is 1.40 bits per heavy atom. The molecule has 0 bridgehead atoms. The molecule has 0 aliphatic heterocycles. The van der Waals surface area contributed by atoms with Gasteiger partial charge >= 0.3 is 11.9 Å². The smallest absolute Gasteiger partial charge is 0.332 e. The number of aryl methyl sites for hydroxylation is 2. The van der Waals surface area contributed by atoms with E-state index in [0.29, 0.717) is 25.2 Å². The molecule has 0 aromatic heterocycles. The Morgan fingerprint density at radius 1 is 0.721 bits per heavy atom. The van der Waals surface area contributed by atoms with E-state index >= 15 is 0 Å². The molecule has 0 unspecified atom stereocenters. The van der Waals surface area contributed by atoms with Gasteiger partial charge in [-0.25, -0.2) is 4.79 Å². The first kappa shape index (κ1) is 29.6. The molecule has 0 amide bonds. The summed E-state index contributed by atoms with van der Waals surface area (Å²) in [5, 5.41) is 9.88. The van der Waals surface area contributed by atoms with Crippen LogP contribution in [0.15, 0.2) is 78.4 Å². The number of carboxylic acid groups (broad SMARTS) is 1. The quantitative estimate of drug-likeness (QED) is 0.103. The van der Waals surface area contributed by atoms with Gasteiger partial charge in [0.2, 0.25) is 0 Å². The predicted molar refractivity (Wildman–Crippen MR) is 168 cm³/mol. The van der Waals surface area contributed by atoms with E-state index in [9.17, 15) is 14.7 Å². The molecule has 1 aliphatic rings. The average molecular weight is 577 g/mol. The molecule has 0 saturated heterocycles. The van der Waals surface area contributed by atoms with Gasteiger partial charge in [0.25, 0.3) is 0 Å². The monoisotopic (exact) mass is 576 g/mol. The highest BCUT2D eigenvalue weighted by Gasteiger charge is 2.28. The number of rotatable bonds is 10. The molecule has 0 saturated carbocycles. The summed E-state index contributed by atoms with van der Waals surface area (Å²) >= 11 is 0. The standard InChI is InChI=1S/C37H36O6/c1-6-29(37(39)40)36-32-12-8-7-11-31(32)34-20-27(14-15-33(34)36)43-21-26-10-9-13-30(24(26)4)35-22(2)18-28(19-23(35)3)42-17-16-41-25(5)38/h7-15,18-20H,6,16-17,21H2,1-5H3,(H,39,40). The van der Waals surface area contributed by atoms with Crippen LogP contribution in [-0.2, 0) is 20.9 Å². The summed E-state index contributed by atoms with van der Waals surface area (Å²) < 4.78 is 17.1. The van der Waals surface area contributed by atoms with Crippen LogP contribution in [0.3, 0.4) is 0 Å². The summed E-state index contributed by atoms with van der Waals surface area (Å²) in [7, 11) is 0. The second-order valence-electron chi connectivity index (χ2n) is 10.8. The van der Waals surface area contributed by atoms with Gasteiger partial charge in [-0.05, 0) is 107 Å². The average Bonchev–Trinajstić information content (AvgIpc) is 3.29. The van der Waals surface area contributed by atoms with Crippen molar-refractivity contribution in [1.82, 2.24) is 0 Å². The first-order valence-corrected chi connectivity index (χ1v) is 14.5. The van der Waals surface area contributed by atoms with Crippen molar-refractivity contribution in [2.24, 2.45) is 0 Å². The summed E-state index contributed by atoms with van der Waals surface area (Å²) in [6, 6.07) is 24.2. The maximum absolute atomic E-state index is 12.1. The van der Waals surface area contributed by atoms with E-state index in [4.69, 9.17) is 14.2 Å². The van der Waals surface area contributed by atoms with Crippen LogP contribution in [0, 0.1) is 20.8 Å². The molecule has 6 heteroatoms. The van der Waals surface area contributed by atoms with Crippen LogP contribution in [0.25, 0.3) is 27.8 Å². The van der Waals surface area contributed by atoms with Crippen LogP contribution < -0.4 is 9.47 Å². The van der Waals surface area contributed by atoms with Crippen LogP contribution in [0.4, 0.5) is 0 Å². The SMILES string of the molecule is CCC(C(=O)O)=C1c2ccccc2-c2cc(OCc3cccc(-c4c(C)cc(OCCOC(C)=O)cc4C)c3C)ccc21. The number of aliphatic carboxylic acids is 1. The highest BCUT2D eigenvalue weighted by atomic mass is 16.6. The van der Waals surface area contributed by atoms with Crippen LogP contribution in [0.1, 0.15) is 53.6 Å². The van der Waals surface area contributed by atoms with Crippen LogP contribution in [0.2, 0.25) is 0 Å². The van der Waals surface area contributed by atoms with E-state index in [2.05, 4.69) is 39.0 Å². The molecule has 220 valence electrons. The summed E-state index contributed by atoms with van der Waals surface area (Å²) in [6.45, 7) is 10.4. The molecular formula is C37H36O6. The first-order chi connectivity index (χ1) is 20.7. The lowest BCUT2D eigenvalue weighted by Crippen LogP contribution is -2.09. The molecule has 43 heavy (non-hydrogen) atoms. The Labute approximate surface area is 252 Å². The lowest BCUT2D eigenvalue weighted by Gasteiger charge is -2.18. The fourth-order valence-corrected chi connectivity index (χ4v) is 5.94. The molecule has 4 aromatic rings. The molecule has 0 heterocycles. The third-order valence-electron chi connectivity index (χ3n) is 7.93. The van der Waals surface area contributed by atoms with E-state index in [0.717, 1.165) is 72.7 Å². The largest absolute Gasteiger partial charge is 0.490 e. The minimum absolute atomic E-state index is 0.215. The minimum Gasteiger partial charge on any atom is -0.490 e. The van der Waals surface area contributed by atoms with Gasteiger partial charge in [0.05, 0.1) is 0 Å². The first-order valence-electron chi connectivity index (χ1n) is 14.5. The molecule has 0 spiro atoms. The Kier molecular flexibility index (Phi) is 8.67. The van der Waals surface area contributed by atoms with Gasteiger partial charge in [-0.3, -0.25) is 4.79 Å². The molecule has 1 N–H and O–H groups in total. The van der Waals surface area contributed by atoms with Gasteiger partial charge in [0.1, 0.15) is 31.3 Å². The van der Waals surface area contributed by atoms with Crippen molar-refractivity contribution in [2.75, 3.05) is 13.2 Å². The van der Waals surface area contributed by atoms with Crippen molar-refractivity contribution in [3.63, 3.8) is 0 Å². The molecule has 0 fully saturated rings. The highest BCUT2D eigenvalue weighted by molar-refractivity contribution is 6.09. The van der Waals surface area contributed by atoms with Crippen LogP contribution in [0.5, 0.6) is 11.5 Å². The number of ether oxygens (including phenoxy) is 3. The predicted octanol–water partition coefficient (Wildman–Crippen LogP) is 8.08. The zero-order chi connectivity index (χ0) is 30.7. The Hall–Kier alpha value is -4.84. The van der Waals surface area contributed by atoms with Gasteiger partial charge < -0.3 is 19.3 Å². The van der Waals surface area contributed by atoms with E-state index < -0.39 is 5.97 Å². The van der Waals surface area contributed by atoms with Gasteiger partial charge in [-0.1, -0.05) is 55.5 Å². The summed E-state index contributed by atoms with van der Waals surface area (Å²) in [6.07, 6.45) is 0.442. The molecule has 0 atom stereocenters. The van der Waals surface area contributed by atoms with Crippen molar-refractivity contribution >= 4 is 17.5 Å². The van der Waals surface area contributed by atoms with E-state index in [1.165, 1.54) is 6.92 Å². The normalized spacial score (nSPS) is 12.8. The summed E-state index contributed by atoms with van der Waals surface area (Å²) in [5.74, 6) is 0.270. The molecule has 1 aliphatic carbocycles. The maximum atomic E-state index is 12.1. The summed E-state index contributed by atoms with van der Waals surface area (Å²) in [4.78, 5) is 23.1. The number of fused-ring (bicyclic) bond motifs is 3. The minimum atomic E-state index is -0.886. The Bertz CT molecular complexity index is 1720. The Morgan fingerprint density at radius 3 is 2.07 bits per heavy atom. The van der Waals surface area contributed by atoms with E-state index in [-0.39, 0.29) is 12.6 Å². The fourth-order valence-electron chi connectivity index (χ4n) is 5.94. The third kappa shape index (κ3) is 6.05. The highest BCUT2D eigenvalue weighted by Crippen LogP contribution is 2.47. The number of carbonyl (C=O) groups excluding carboxylic acids is 1. The lowest BCUT2D eigenvalue weighted by atomic mass is 9.90. The van der Waals surface area contributed by atoms with E-state index in [1.54, 1.807) is 0 Å². The van der Waals surface area contributed by atoms with Gasteiger partial charge in [0, 0.05) is 18.1 Å². The Balaban J connectivity index is 1.39. The number of hydrogen-bond acceptors (Lipinski definition) is 5. The molecule has 6 nitrogen and oxygen atoms in total. The van der Waals surface area contributed by atoms with Crippen molar-refractivity contribution in [3.05, 3.63) is 112 Å². The zero-order valence-electron chi connectivity index (χ0n) is 25.2. The second kappa shape index (κ2) is 12.6. The van der Waals surface area contributed by atoms with Crippen LogP contribution in [-0.4, -0.2) is 30.3 Å². The molecule has 5 rings (SSSR count). The van der Waals surface area contributed by atoms with Crippen molar-refractivity contribution in [1.29, 1.82) is 0 Å². The van der Waals surface area contributed by atoms with Gasteiger partial charge in [-0.2, -0.15) is 0 Å². The third-order valence-corrected chi connectivity index (χ3v) is 7.93. The van der Waals surface area contributed by atoms with Crippen molar-refractivity contribution in [3.8, 4) is 33.8 Å². The number of esters is 1. The lowest BCUT2D eigenvalue weighted by molar-refractivity contribution is -0.141. The number of hydrogen-bond donors (Lipinski definition) is 1. The fraction of sp³-hybridized carbons (Fsp3) is 0.243. The van der Waals surface area contributed by atoms with Crippen LogP contribution >= 0.6 is 0 Å². The number of benzene rings is 4. The summed E-state index contributed by atoms with van der Waals surface area (Å²) in [5.41, 5.74) is 11.8. The second-order valence-corrected chi connectivity index (χ2v) is 10.8. The molecule has 4 aromatic carbocycles. The van der Waals surface area contributed by atoms with Crippen molar-refractivity contribution < 1.29 is 28.9 Å². The van der Waals surface area contributed by atoms with Crippen molar-refractivity contribution in [2.45, 2.75) is 47.6 Å². The number of carbonyl (C=O) groups is 2. The van der Waals surface area contributed by atoms with Gasteiger partial charge in [-0.15, -0.1) is 0 Å². The zero-order valence-corrected chi connectivity index (χ0v) is 25.2. The topological polar surface area (TPSA) is 82.1 Å². The molecular weight excluding hydrogens is 540 g/mol. The number of carboxylic acids is 1. The molecule has 0 radical (unpaired) electrons. The van der Waals surface area contributed by atoms with E-state index in [1.807, 2.05) is 61.5 Å². The van der Waals surface area contributed by atoms with Gasteiger partial charge in [0.15, 0.2) is 0 Å².